The van der Waals surface area contributed by atoms with Crippen LogP contribution in [-0.2, 0) is 11.2 Å². The van der Waals surface area contributed by atoms with Gasteiger partial charge >= 0.3 is 0 Å². The molecule has 0 spiro atoms. The number of nitrogens with zero attached hydrogens (tertiary/aromatic N) is 2. The summed E-state index contributed by atoms with van der Waals surface area (Å²) < 4.78 is 5.10. The number of hydrogen-bond acceptors (Lipinski definition) is 4. The lowest BCUT2D eigenvalue weighted by Gasteiger charge is -2.27. The normalized spacial score (nSPS) is 10.8. The molecule has 0 aliphatic heterocycles. The summed E-state index contributed by atoms with van der Waals surface area (Å²) in [4.78, 5) is 19.0. The summed E-state index contributed by atoms with van der Waals surface area (Å²) in [5, 5.41) is 3.18. The van der Waals surface area contributed by atoms with E-state index in [2.05, 4.69) is 10.3 Å². The van der Waals surface area contributed by atoms with Crippen molar-refractivity contribution in [3.63, 3.8) is 0 Å². The molecule has 5 heteroatoms. The van der Waals surface area contributed by atoms with Gasteiger partial charge in [0.25, 0.3) is 5.91 Å². The number of nitrogens with one attached hydrogen (secondary N) is 1. The summed E-state index contributed by atoms with van der Waals surface area (Å²) in [6.07, 6.45) is 0.805. The van der Waals surface area contributed by atoms with Crippen molar-refractivity contribution in [3.8, 4) is 0 Å². The Morgan fingerprint density at radius 3 is 2.62 bits per heavy atom. The molecule has 1 amide bonds. The van der Waals surface area contributed by atoms with Crippen molar-refractivity contribution in [1.29, 1.82) is 0 Å². The van der Waals surface area contributed by atoms with Gasteiger partial charge < -0.3 is 15.0 Å². The Labute approximate surface area is 127 Å². The highest BCUT2D eigenvalue weighted by molar-refractivity contribution is 5.95. The summed E-state index contributed by atoms with van der Waals surface area (Å²) >= 11 is 0. The predicted molar refractivity (Wildman–Crippen MR) is 85.8 cm³/mol. The maximum absolute atomic E-state index is 12.7. The van der Waals surface area contributed by atoms with Crippen molar-refractivity contribution in [2.24, 2.45) is 0 Å². The molecule has 1 heterocycles. The van der Waals surface area contributed by atoms with Crippen molar-refractivity contribution in [1.82, 2.24) is 9.88 Å². The second-order valence-corrected chi connectivity index (χ2v) is 5.20. The van der Waals surface area contributed by atoms with Gasteiger partial charge in [0, 0.05) is 37.5 Å². The Morgan fingerprint density at radius 2 is 2.10 bits per heavy atom. The number of amides is 1. The van der Waals surface area contributed by atoms with Crippen LogP contribution in [0.25, 0.3) is 0 Å². The van der Waals surface area contributed by atoms with E-state index in [9.17, 15) is 4.79 Å². The lowest BCUT2D eigenvalue weighted by Crippen LogP contribution is -2.39. The zero-order chi connectivity index (χ0) is 15.8. The highest BCUT2D eigenvalue weighted by Gasteiger charge is 2.19. The minimum absolute atomic E-state index is 0.0262. The number of pyridine rings is 1. The van der Waals surface area contributed by atoms with Gasteiger partial charge in [-0.3, -0.25) is 4.79 Å². The molecule has 21 heavy (non-hydrogen) atoms. The van der Waals surface area contributed by atoms with Crippen LogP contribution in [-0.4, -0.2) is 48.6 Å². The van der Waals surface area contributed by atoms with E-state index in [0.29, 0.717) is 18.7 Å². The van der Waals surface area contributed by atoms with Crippen molar-refractivity contribution >= 4 is 11.7 Å². The Balaban J connectivity index is 3.05. The molecular weight excluding hydrogens is 266 g/mol. The quantitative estimate of drug-likeness (QED) is 0.800. The Kier molecular flexibility index (Phi) is 7.15. The third-order valence-corrected chi connectivity index (χ3v) is 3.27. The molecule has 0 saturated carbocycles. The summed E-state index contributed by atoms with van der Waals surface area (Å²) in [5.41, 5.74) is 1.61. The number of carbonyl (C=O) groups excluding carboxylic acids is 1. The number of rotatable bonds is 8. The molecule has 0 saturated heterocycles. The minimum Gasteiger partial charge on any atom is -0.383 e. The number of methoxy groups -OCH3 is 1. The SMILES string of the molecule is CCNc1cc(C(=O)N(CCOC)C(C)C)cc(CC)n1. The average molecular weight is 293 g/mol. The summed E-state index contributed by atoms with van der Waals surface area (Å²) in [6, 6.07) is 3.84. The van der Waals surface area contributed by atoms with Crippen molar-refractivity contribution in [2.75, 3.05) is 32.1 Å². The van der Waals surface area contributed by atoms with E-state index in [-0.39, 0.29) is 11.9 Å². The average Bonchev–Trinajstić information content (AvgIpc) is 2.47. The molecule has 1 rings (SSSR count). The van der Waals surface area contributed by atoms with Gasteiger partial charge in [-0.25, -0.2) is 4.98 Å². The second-order valence-electron chi connectivity index (χ2n) is 5.20. The first-order valence-electron chi connectivity index (χ1n) is 7.58. The number of aryl methyl sites for hydroxylation is 1. The van der Waals surface area contributed by atoms with E-state index in [1.54, 1.807) is 7.11 Å². The van der Waals surface area contributed by atoms with Crippen LogP contribution in [0.1, 0.15) is 43.7 Å². The van der Waals surface area contributed by atoms with Gasteiger partial charge in [-0.1, -0.05) is 6.92 Å². The number of hydrogen-bond donors (Lipinski definition) is 1. The van der Waals surface area contributed by atoms with Gasteiger partial charge in [-0.15, -0.1) is 0 Å². The first kappa shape index (κ1) is 17.4. The molecule has 1 aromatic heterocycles. The molecule has 0 radical (unpaired) electrons. The van der Waals surface area contributed by atoms with Gasteiger partial charge in [-0.2, -0.15) is 0 Å². The zero-order valence-electron chi connectivity index (χ0n) is 13.8. The van der Waals surface area contributed by atoms with E-state index in [4.69, 9.17) is 4.74 Å². The molecule has 0 bridgehead atoms. The molecule has 0 aromatic carbocycles. The van der Waals surface area contributed by atoms with Crippen LogP contribution < -0.4 is 5.32 Å². The van der Waals surface area contributed by atoms with E-state index in [1.165, 1.54) is 0 Å². The monoisotopic (exact) mass is 293 g/mol. The lowest BCUT2D eigenvalue weighted by atomic mass is 10.1. The number of anilines is 1. The van der Waals surface area contributed by atoms with Gasteiger partial charge in [0.05, 0.1) is 6.61 Å². The molecule has 0 atom stereocenters. The van der Waals surface area contributed by atoms with Crippen LogP contribution in [0.3, 0.4) is 0 Å². The molecule has 0 aliphatic rings. The first-order valence-corrected chi connectivity index (χ1v) is 7.58. The van der Waals surface area contributed by atoms with E-state index >= 15 is 0 Å². The van der Waals surface area contributed by atoms with E-state index in [1.807, 2.05) is 44.7 Å². The molecule has 1 N–H and O–H groups in total. The molecule has 1 aromatic rings. The summed E-state index contributed by atoms with van der Waals surface area (Å²) in [6.45, 7) is 9.99. The lowest BCUT2D eigenvalue weighted by molar-refractivity contribution is 0.0635. The van der Waals surface area contributed by atoms with Gasteiger partial charge in [0.1, 0.15) is 5.82 Å². The smallest absolute Gasteiger partial charge is 0.254 e. The van der Waals surface area contributed by atoms with Crippen LogP contribution in [0.2, 0.25) is 0 Å². The Bertz CT molecular complexity index is 461. The van der Waals surface area contributed by atoms with Gasteiger partial charge in [0.2, 0.25) is 0 Å². The largest absolute Gasteiger partial charge is 0.383 e. The number of carbonyl (C=O) groups is 1. The summed E-state index contributed by atoms with van der Waals surface area (Å²) in [7, 11) is 1.65. The fourth-order valence-corrected chi connectivity index (χ4v) is 2.11. The molecular formula is C16H27N3O2. The van der Waals surface area contributed by atoms with Crippen molar-refractivity contribution in [3.05, 3.63) is 23.4 Å². The Hall–Kier alpha value is -1.62. The maximum atomic E-state index is 12.7. The molecule has 118 valence electrons. The van der Waals surface area contributed by atoms with E-state index in [0.717, 1.165) is 24.5 Å². The highest BCUT2D eigenvalue weighted by Crippen LogP contribution is 2.15. The van der Waals surface area contributed by atoms with Crippen LogP contribution in [0.4, 0.5) is 5.82 Å². The summed E-state index contributed by atoms with van der Waals surface area (Å²) in [5.74, 6) is 0.786. The zero-order valence-corrected chi connectivity index (χ0v) is 13.8. The predicted octanol–water partition coefficient (Wildman–Crippen LogP) is 2.57. The minimum atomic E-state index is 0.0262. The highest BCUT2D eigenvalue weighted by atomic mass is 16.5. The third kappa shape index (κ3) is 5.01. The number of ether oxygens (including phenoxy) is 1. The molecule has 0 unspecified atom stereocenters. The van der Waals surface area contributed by atoms with Crippen molar-refractivity contribution < 1.29 is 9.53 Å². The van der Waals surface area contributed by atoms with Crippen molar-refractivity contribution in [2.45, 2.75) is 40.2 Å². The van der Waals surface area contributed by atoms with Gasteiger partial charge in [-0.05, 0) is 39.3 Å². The number of aromatic nitrogens is 1. The standard InChI is InChI=1S/C16H27N3O2/c1-6-14-10-13(11-15(18-14)17-7-2)16(20)19(12(3)4)8-9-21-5/h10-12H,6-9H2,1-5H3,(H,17,18). The Morgan fingerprint density at radius 1 is 1.38 bits per heavy atom. The first-order chi connectivity index (χ1) is 10.0. The molecule has 5 nitrogen and oxygen atoms in total. The fraction of sp³-hybridized carbons (Fsp3) is 0.625. The second kappa shape index (κ2) is 8.62. The van der Waals surface area contributed by atoms with Crippen LogP contribution >= 0.6 is 0 Å². The fourth-order valence-electron chi connectivity index (χ4n) is 2.11. The van der Waals surface area contributed by atoms with E-state index < -0.39 is 0 Å². The van der Waals surface area contributed by atoms with Gasteiger partial charge in [0.15, 0.2) is 0 Å². The molecule has 0 fully saturated rings. The third-order valence-electron chi connectivity index (χ3n) is 3.27. The molecule has 0 aliphatic carbocycles. The topological polar surface area (TPSA) is 54.5 Å². The van der Waals surface area contributed by atoms with Crippen LogP contribution in [0, 0.1) is 0 Å². The van der Waals surface area contributed by atoms with Crippen LogP contribution in [0.5, 0.6) is 0 Å². The van der Waals surface area contributed by atoms with Crippen LogP contribution in [0.15, 0.2) is 12.1 Å². The maximum Gasteiger partial charge on any atom is 0.254 e.